The number of hydrogen-bond acceptors (Lipinski definition) is 1. The Morgan fingerprint density at radius 3 is 2.17 bits per heavy atom. The number of benzene rings is 1. The highest BCUT2D eigenvalue weighted by Gasteiger charge is 2.43. The van der Waals surface area contributed by atoms with Crippen LogP contribution in [0, 0.1) is 11.8 Å². The standard InChI is InChI=1S/C25H35F3O/c1-2-3-5-8-19-15-17-25(18-16-19,20-9-6-4-7-10-20)21-11-13-22(14-12-21)29-24(28)23(26)27/h11-14,19-20H,2-10,15-18H2,1H3. The molecule has 29 heavy (non-hydrogen) atoms. The van der Waals surface area contributed by atoms with Crippen LogP contribution in [0.15, 0.2) is 36.4 Å². The van der Waals surface area contributed by atoms with Crippen molar-refractivity contribution in [1.82, 2.24) is 0 Å². The van der Waals surface area contributed by atoms with Crippen molar-refractivity contribution in [3.63, 3.8) is 0 Å². The maximum absolute atomic E-state index is 13.1. The fourth-order valence-corrected chi connectivity index (χ4v) is 5.75. The van der Waals surface area contributed by atoms with Crippen molar-refractivity contribution in [3.8, 4) is 5.75 Å². The number of rotatable bonds is 8. The van der Waals surface area contributed by atoms with E-state index in [0.717, 1.165) is 5.92 Å². The first-order valence-corrected chi connectivity index (χ1v) is 11.5. The molecule has 0 unspecified atom stereocenters. The molecular formula is C25H35F3O. The van der Waals surface area contributed by atoms with Crippen molar-refractivity contribution in [2.45, 2.75) is 95.8 Å². The van der Waals surface area contributed by atoms with Crippen LogP contribution in [0.1, 0.15) is 96.0 Å². The van der Waals surface area contributed by atoms with Crippen molar-refractivity contribution < 1.29 is 17.9 Å². The third-order valence-electron chi connectivity index (χ3n) is 7.39. The van der Waals surface area contributed by atoms with Gasteiger partial charge in [-0.3, -0.25) is 0 Å². The first kappa shape index (κ1) is 22.2. The lowest BCUT2D eigenvalue weighted by molar-refractivity contribution is 0.120. The van der Waals surface area contributed by atoms with Gasteiger partial charge in [-0.1, -0.05) is 64.0 Å². The summed E-state index contributed by atoms with van der Waals surface area (Å²) in [6.45, 7) is 2.26. The van der Waals surface area contributed by atoms with Crippen LogP contribution < -0.4 is 4.74 Å². The zero-order valence-corrected chi connectivity index (χ0v) is 17.7. The molecule has 3 rings (SSSR count). The molecule has 2 saturated carbocycles. The minimum atomic E-state index is -2.42. The van der Waals surface area contributed by atoms with Crippen LogP contribution >= 0.6 is 0 Å². The van der Waals surface area contributed by atoms with Gasteiger partial charge in [-0.15, -0.1) is 0 Å². The first-order valence-electron chi connectivity index (χ1n) is 11.5. The van der Waals surface area contributed by atoms with E-state index in [9.17, 15) is 13.2 Å². The van der Waals surface area contributed by atoms with Crippen LogP contribution in [0.2, 0.25) is 0 Å². The van der Waals surface area contributed by atoms with Crippen molar-refractivity contribution in [1.29, 1.82) is 0 Å². The predicted molar refractivity (Wildman–Crippen MR) is 112 cm³/mol. The summed E-state index contributed by atoms with van der Waals surface area (Å²) in [6, 6.07) is 5.47. The largest absolute Gasteiger partial charge is 0.428 e. The smallest absolute Gasteiger partial charge is 0.344 e. The molecule has 0 N–H and O–H groups in total. The van der Waals surface area contributed by atoms with Gasteiger partial charge in [0, 0.05) is 0 Å². The summed E-state index contributed by atoms with van der Waals surface area (Å²) in [4.78, 5) is 0. The van der Waals surface area contributed by atoms with E-state index in [4.69, 9.17) is 0 Å². The van der Waals surface area contributed by atoms with Gasteiger partial charge in [-0.2, -0.15) is 13.2 Å². The van der Waals surface area contributed by atoms with E-state index in [0.29, 0.717) is 5.92 Å². The summed E-state index contributed by atoms with van der Waals surface area (Å²) in [5.41, 5.74) is 1.47. The Bertz CT molecular complexity index is 649. The lowest BCUT2D eigenvalue weighted by atomic mass is 9.57. The summed E-state index contributed by atoms with van der Waals surface area (Å²) in [5, 5.41) is 0. The highest BCUT2D eigenvalue weighted by Crippen LogP contribution is 2.52. The average Bonchev–Trinajstić information content (AvgIpc) is 2.75. The second-order valence-electron chi connectivity index (χ2n) is 9.09. The predicted octanol–water partition coefficient (Wildman–Crippen LogP) is 8.69. The Morgan fingerprint density at radius 1 is 0.931 bits per heavy atom. The number of unbranched alkanes of at least 4 members (excludes halogenated alkanes) is 2. The average molecular weight is 409 g/mol. The molecule has 0 aromatic heterocycles. The van der Waals surface area contributed by atoms with E-state index in [1.165, 1.54) is 89.0 Å². The number of hydrogen-bond donors (Lipinski definition) is 0. The molecule has 162 valence electrons. The fourth-order valence-electron chi connectivity index (χ4n) is 5.75. The van der Waals surface area contributed by atoms with Crippen molar-refractivity contribution in [2.24, 2.45) is 11.8 Å². The lowest BCUT2D eigenvalue weighted by Gasteiger charge is -2.48. The molecule has 4 heteroatoms. The molecule has 0 spiro atoms. The molecule has 1 aromatic carbocycles. The second kappa shape index (κ2) is 10.5. The van der Waals surface area contributed by atoms with Crippen molar-refractivity contribution in [3.05, 3.63) is 41.9 Å². The van der Waals surface area contributed by atoms with Crippen molar-refractivity contribution in [2.75, 3.05) is 0 Å². The van der Waals surface area contributed by atoms with E-state index in [1.807, 2.05) is 12.1 Å². The molecular weight excluding hydrogens is 373 g/mol. The van der Waals surface area contributed by atoms with Gasteiger partial charge in [0.15, 0.2) is 0 Å². The van der Waals surface area contributed by atoms with Crippen LogP contribution in [0.25, 0.3) is 0 Å². The summed E-state index contributed by atoms with van der Waals surface area (Å²) < 4.78 is 42.4. The second-order valence-corrected chi connectivity index (χ2v) is 9.09. The van der Waals surface area contributed by atoms with E-state index in [-0.39, 0.29) is 11.2 Å². The zero-order chi connectivity index (χ0) is 20.7. The Kier molecular flexibility index (Phi) is 8.08. The lowest BCUT2D eigenvalue weighted by Crippen LogP contribution is -2.40. The Balaban J connectivity index is 1.75. The topological polar surface area (TPSA) is 9.23 Å². The highest BCUT2D eigenvalue weighted by molar-refractivity contribution is 5.34. The molecule has 0 aliphatic heterocycles. The summed E-state index contributed by atoms with van der Waals surface area (Å²) in [5.74, 6) is 1.67. The minimum Gasteiger partial charge on any atom is -0.428 e. The third-order valence-corrected chi connectivity index (χ3v) is 7.39. The Hall–Kier alpha value is -1.45. The number of ether oxygens (including phenoxy) is 1. The van der Waals surface area contributed by atoms with Gasteiger partial charge in [0.2, 0.25) is 0 Å². The van der Waals surface area contributed by atoms with Gasteiger partial charge in [0.05, 0.1) is 0 Å². The van der Waals surface area contributed by atoms with Gasteiger partial charge in [-0.25, -0.2) is 0 Å². The molecule has 0 atom stereocenters. The minimum absolute atomic E-state index is 0.131. The summed E-state index contributed by atoms with van der Waals surface area (Å²) in [7, 11) is 0. The van der Waals surface area contributed by atoms with Crippen LogP contribution in [-0.2, 0) is 5.41 Å². The molecule has 2 aliphatic carbocycles. The molecule has 1 nitrogen and oxygen atoms in total. The van der Waals surface area contributed by atoms with E-state index < -0.39 is 12.1 Å². The summed E-state index contributed by atoms with van der Waals surface area (Å²) >= 11 is 0. The van der Waals surface area contributed by atoms with Crippen molar-refractivity contribution >= 4 is 0 Å². The van der Waals surface area contributed by atoms with E-state index in [1.54, 1.807) is 12.1 Å². The molecule has 0 bridgehead atoms. The molecule has 0 saturated heterocycles. The van der Waals surface area contributed by atoms with Gasteiger partial charge < -0.3 is 4.74 Å². The molecule has 2 fully saturated rings. The normalized spacial score (nSPS) is 25.6. The van der Waals surface area contributed by atoms with E-state index in [2.05, 4.69) is 11.7 Å². The quantitative estimate of drug-likeness (QED) is 0.309. The molecule has 0 amide bonds. The maximum atomic E-state index is 13.1. The van der Waals surface area contributed by atoms with Gasteiger partial charge in [0.1, 0.15) is 5.75 Å². The molecule has 0 radical (unpaired) electrons. The van der Waals surface area contributed by atoms with Crippen LogP contribution in [0.5, 0.6) is 5.75 Å². The maximum Gasteiger partial charge on any atom is 0.344 e. The van der Waals surface area contributed by atoms with Gasteiger partial charge in [-0.05, 0) is 73.5 Å². The molecule has 0 heterocycles. The first-order chi connectivity index (χ1) is 14.0. The fraction of sp³-hybridized carbons (Fsp3) is 0.680. The van der Waals surface area contributed by atoms with Crippen LogP contribution in [0.3, 0.4) is 0 Å². The molecule has 2 aliphatic rings. The van der Waals surface area contributed by atoms with Gasteiger partial charge in [0.25, 0.3) is 0 Å². The van der Waals surface area contributed by atoms with Crippen LogP contribution in [0.4, 0.5) is 13.2 Å². The monoisotopic (exact) mass is 408 g/mol. The Labute approximate surface area is 173 Å². The zero-order valence-electron chi connectivity index (χ0n) is 17.7. The summed E-state index contributed by atoms with van der Waals surface area (Å²) in [6.07, 6.45) is 14.4. The van der Waals surface area contributed by atoms with Gasteiger partial charge >= 0.3 is 12.1 Å². The van der Waals surface area contributed by atoms with Crippen LogP contribution in [-0.4, -0.2) is 0 Å². The number of halogens is 3. The third kappa shape index (κ3) is 5.58. The SMILES string of the molecule is CCCCCC1CCC(c2ccc(OC(F)=C(F)F)cc2)(C2CCCCC2)CC1. The Morgan fingerprint density at radius 2 is 1.59 bits per heavy atom. The highest BCUT2D eigenvalue weighted by atomic mass is 19.3. The molecule has 1 aromatic rings. The van der Waals surface area contributed by atoms with E-state index >= 15 is 0 Å².